The zero-order valence-electron chi connectivity index (χ0n) is 11.1. The van der Waals surface area contributed by atoms with Gasteiger partial charge in [-0.05, 0) is 5.56 Å². The van der Waals surface area contributed by atoms with Gasteiger partial charge in [-0.25, -0.2) is 9.59 Å². The summed E-state index contributed by atoms with van der Waals surface area (Å²) in [4.78, 5) is 22.7. The van der Waals surface area contributed by atoms with Crippen LogP contribution in [0, 0.1) is 0 Å². The highest BCUT2D eigenvalue weighted by Gasteiger charge is 2.31. The van der Waals surface area contributed by atoms with E-state index >= 15 is 0 Å². The van der Waals surface area contributed by atoms with Gasteiger partial charge in [-0.3, -0.25) is 0 Å². The molecule has 6 heteroatoms. The van der Waals surface area contributed by atoms with Crippen molar-refractivity contribution in [3.05, 3.63) is 47.2 Å². The van der Waals surface area contributed by atoms with E-state index in [1.807, 2.05) is 30.3 Å². The second-order valence-electron chi connectivity index (χ2n) is 4.36. The van der Waals surface area contributed by atoms with Crippen LogP contribution in [-0.4, -0.2) is 31.8 Å². The molecule has 0 saturated carbocycles. The topological polar surface area (TPSA) is 90.6 Å². The van der Waals surface area contributed by atoms with Crippen LogP contribution in [0.1, 0.15) is 5.56 Å². The molecule has 0 saturated heterocycles. The number of amides is 2. The number of hydrogen-bond donors (Lipinski definition) is 2. The van der Waals surface area contributed by atoms with Gasteiger partial charge in [-0.15, -0.1) is 0 Å². The molecule has 0 aromatic heterocycles. The summed E-state index contributed by atoms with van der Waals surface area (Å²) in [5.74, 6) is -0.524. The third kappa shape index (κ3) is 3.16. The number of benzene rings is 1. The van der Waals surface area contributed by atoms with Crippen LogP contribution in [-0.2, 0) is 20.7 Å². The third-order valence-electron chi connectivity index (χ3n) is 3.03. The molecule has 3 N–H and O–H groups in total. The van der Waals surface area contributed by atoms with Gasteiger partial charge >= 0.3 is 12.0 Å². The molecule has 0 fully saturated rings. The first-order valence-electron chi connectivity index (χ1n) is 6.15. The van der Waals surface area contributed by atoms with Crippen LogP contribution in [0.3, 0.4) is 0 Å². The fourth-order valence-electron chi connectivity index (χ4n) is 2.11. The van der Waals surface area contributed by atoms with Crippen molar-refractivity contribution < 1.29 is 19.1 Å². The van der Waals surface area contributed by atoms with Crippen LogP contribution in [0.15, 0.2) is 41.6 Å². The van der Waals surface area contributed by atoms with E-state index in [0.717, 1.165) is 5.56 Å². The molecule has 2 amide bonds. The summed E-state index contributed by atoms with van der Waals surface area (Å²) in [5.41, 5.74) is 6.86. The Morgan fingerprint density at radius 1 is 1.40 bits per heavy atom. The summed E-state index contributed by atoms with van der Waals surface area (Å²) >= 11 is 0. The number of nitrogens with two attached hydrogens (primary N) is 1. The molecule has 1 aromatic rings. The molecule has 1 aliphatic heterocycles. The van der Waals surface area contributed by atoms with Crippen LogP contribution in [0.2, 0.25) is 0 Å². The first-order valence-corrected chi connectivity index (χ1v) is 6.15. The Morgan fingerprint density at radius 3 is 2.70 bits per heavy atom. The number of urea groups is 1. The molecular weight excluding hydrogens is 260 g/mol. The summed E-state index contributed by atoms with van der Waals surface area (Å²) in [5, 5.41) is 2.47. The van der Waals surface area contributed by atoms with Crippen molar-refractivity contribution >= 4 is 12.0 Å². The van der Waals surface area contributed by atoms with Crippen molar-refractivity contribution in [2.75, 3.05) is 13.7 Å². The highest BCUT2D eigenvalue weighted by atomic mass is 16.5. The number of nitrogens with one attached hydrogen (secondary N) is 1. The van der Waals surface area contributed by atoms with Crippen molar-refractivity contribution in [3.8, 4) is 0 Å². The zero-order chi connectivity index (χ0) is 14.5. The third-order valence-corrected chi connectivity index (χ3v) is 3.03. The molecule has 1 atom stereocenters. The molecule has 0 unspecified atom stereocenters. The van der Waals surface area contributed by atoms with Gasteiger partial charge in [-0.1, -0.05) is 30.3 Å². The maximum atomic E-state index is 11.7. The van der Waals surface area contributed by atoms with E-state index in [1.54, 1.807) is 0 Å². The predicted octanol–water partition coefficient (Wildman–Crippen LogP) is 0.723. The number of primary amides is 1. The molecule has 1 aliphatic rings. The van der Waals surface area contributed by atoms with Crippen LogP contribution in [0.25, 0.3) is 0 Å². The van der Waals surface area contributed by atoms with Gasteiger partial charge in [-0.2, -0.15) is 0 Å². The normalized spacial score (nSPS) is 17.9. The molecule has 0 spiro atoms. The van der Waals surface area contributed by atoms with Gasteiger partial charge < -0.3 is 20.5 Å². The molecule has 6 nitrogen and oxygen atoms in total. The largest absolute Gasteiger partial charge is 0.466 e. The zero-order valence-corrected chi connectivity index (χ0v) is 11.1. The smallest absolute Gasteiger partial charge is 0.337 e. The van der Waals surface area contributed by atoms with E-state index < -0.39 is 18.1 Å². The Morgan fingerprint density at radius 2 is 2.10 bits per heavy atom. The molecule has 0 aliphatic carbocycles. The minimum Gasteiger partial charge on any atom is -0.466 e. The minimum absolute atomic E-state index is 0.0970. The van der Waals surface area contributed by atoms with E-state index in [2.05, 4.69) is 10.1 Å². The van der Waals surface area contributed by atoms with E-state index in [1.165, 1.54) is 7.11 Å². The summed E-state index contributed by atoms with van der Waals surface area (Å²) in [6.45, 7) is 0.0970. The fourth-order valence-corrected chi connectivity index (χ4v) is 2.11. The van der Waals surface area contributed by atoms with Crippen molar-refractivity contribution in [2.45, 2.75) is 12.5 Å². The molecule has 0 bridgehead atoms. The fraction of sp³-hybridized carbons (Fsp3) is 0.286. The first kappa shape index (κ1) is 14.1. The predicted molar refractivity (Wildman–Crippen MR) is 71.6 cm³/mol. The Labute approximate surface area is 116 Å². The van der Waals surface area contributed by atoms with Gasteiger partial charge in [0.1, 0.15) is 6.10 Å². The van der Waals surface area contributed by atoms with Crippen LogP contribution in [0.4, 0.5) is 4.79 Å². The number of hydrogen-bond acceptors (Lipinski definition) is 4. The maximum Gasteiger partial charge on any atom is 0.337 e. The molecule has 0 radical (unpaired) electrons. The van der Waals surface area contributed by atoms with Crippen molar-refractivity contribution in [3.63, 3.8) is 0 Å². The molecule has 20 heavy (non-hydrogen) atoms. The van der Waals surface area contributed by atoms with Crippen molar-refractivity contribution in [1.29, 1.82) is 0 Å². The number of carbonyl (C=O) groups is 2. The van der Waals surface area contributed by atoms with Crippen molar-refractivity contribution in [1.82, 2.24) is 5.32 Å². The Hall–Kier alpha value is -2.34. The van der Waals surface area contributed by atoms with Gasteiger partial charge in [0.05, 0.1) is 25.0 Å². The second-order valence-corrected chi connectivity index (χ2v) is 4.36. The number of carbonyl (C=O) groups excluding carboxylic acids is 2. The SMILES string of the molecule is COC(=O)C1=C(NC(N)=O)[C@H](Cc2ccccc2)OC1. The molecular formula is C14H16N2O4. The molecule has 106 valence electrons. The van der Waals surface area contributed by atoms with Crippen LogP contribution >= 0.6 is 0 Å². The number of ether oxygens (including phenoxy) is 2. The molecule has 1 heterocycles. The van der Waals surface area contributed by atoms with Gasteiger partial charge in [0.25, 0.3) is 0 Å². The lowest BCUT2D eigenvalue weighted by molar-refractivity contribution is -0.136. The average molecular weight is 276 g/mol. The monoisotopic (exact) mass is 276 g/mol. The summed E-state index contributed by atoms with van der Waals surface area (Å²) in [7, 11) is 1.28. The highest BCUT2D eigenvalue weighted by molar-refractivity contribution is 5.91. The quantitative estimate of drug-likeness (QED) is 0.793. The van der Waals surface area contributed by atoms with E-state index in [0.29, 0.717) is 17.7 Å². The van der Waals surface area contributed by atoms with E-state index in [9.17, 15) is 9.59 Å². The lowest BCUT2D eigenvalue weighted by Gasteiger charge is -2.15. The van der Waals surface area contributed by atoms with Gasteiger partial charge in [0, 0.05) is 6.42 Å². The second kappa shape index (κ2) is 6.21. The van der Waals surface area contributed by atoms with Crippen LogP contribution in [0.5, 0.6) is 0 Å². The van der Waals surface area contributed by atoms with Gasteiger partial charge in [0.2, 0.25) is 0 Å². The number of rotatable bonds is 4. The maximum absolute atomic E-state index is 11.7. The standard InChI is InChI=1S/C14H16N2O4/c1-19-13(17)10-8-20-11(12(10)16-14(15)18)7-9-5-3-2-4-6-9/h2-6,11H,7-8H2,1H3,(H3,15,16,18)/t11-/m0/s1. The molecule has 2 rings (SSSR count). The summed E-state index contributed by atoms with van der Waals surface area (Å²) < 4.78 is 10.2. The van der Waals surface area contributed by atoms with E-state index in [-0.39, 0.29) is 6.61 Å². The Balaban J connectivity index is 2.22. The minimum atomic E-state index is -0.732. The average Bonchev–Trinajstić information content (AvgIpc) is 2.81. The summed E-state index contributed by atoms with van der Waals surface area (Å²) in [6, 6.07) is 8.90. The van der Waals surface area contributed by atoms with E-state index in [4.69, 9.17) is 10.5 Å². The lowest BCUT2D eigenvalue weighted by atomic mass is 10.0. The van der Waals surface area contributed by atoms with Gasteiger partial charge in [0.15, 0.2) is 0 Å². The summed E-state index contributed by atoms with van der Waals surface area (Å²) in [6.07, 6.45) is 0.121. The van der Waals surface area contributed by atoms with Crippen LogP contribution < -0.4 is 11.1 Å². The number of methoxy groups -OCH3 is 1. The molecule has 1 aromatic carbocycles. The Bertz CT molecular complexity index is 539. The van der Waals surface area contributed by atoms with Crippen molar-refractivity contribution in [2.24, 2.45) is 5.73 Å². The first-order chi connectivity index (χ1) is 9.61. The Kier molecular flexibility index (Phi) is 4.37. The lowest BCUT2D eigenvalue weighted by Crippen LogP contribution is -2.34. The number of esters is 1. The highest BCUT2D eigenvalue weighted by Crippen LogP contribution is 2.23.